The van der Waals surface area contributed by atoms with E-state index in [1.807, 2.05) is 36.4 Å². The van der Waals surface area contributed by atoms with Crippen molar-refractivity contribution < 1.29 is 13.8 Å². The number of hydrogen-bond donors (Lipinski definition) is 1. The number of nitrogens with zero attached hydrogens (tertiary/aromatic N) is 3. The number of para-hydroxylation sites is 1. The first-order valence-corrected chi connectivity index (χ1v) is 11.1. The molecule has 1 aromatic heterocycles. The molecule has 1 saturated heterocycles. The summed E-state index contributed by atoms with van der Waals surface area (Å²) in [6.07, 6.45) is 3.19. The Kier molecular flexibility index (Phi) is 7.41. The Bertz CT molecular complexity index is 743. The van der Waals surface area contributed by atoms with Crippen LogP contribution < -0.4 is 0 Å². The lowest BCUT2D eigenvalue weighted by Crippen LogP contribution is -2.38. The summed E-state index contributed by atoms with van der Waals surface area (Å²) in [6.45, 7) is 8.52. The van der Waals surface area contributed by atoms with Crippen molar-refractivity contribution in [1.29, 1.82) is 0 Å². The van der Waals surface area contributed by atoms with E-state index >= 15 is 0 Å². The number of fused-ring (bicyclic) bond motifs is 1. The van der Waals surface area contributed by atoms with Crippen molar-refractivity contribution in [2.24, 2.45) is 0 Å². The summed E-state index contributed by atoms with van der Waals surface area (Å²) in [7, 11) is -1.10. The maximum Gasteiger partial charge on any atom is 0.167 e. The quantitative estimate of drug-likeness (QED) is 0.709. The highest BCUT2D eigenvalue weighted by atomic mass is 32.2. The van der Waals surface area contributed by atoms with Crippen molar-refractivity contribution in [2.45, 2.75) is 44.3 Å². The summed E-state index contributed by atoms with van der Waals surface area (Å²) >= 11 is 0. The van der Waals surface area contributed by atoms with Crippen LogP contribution in [0.3, 0.4) is 0 Å². The number of likely N-dealkylation sites (tertiary alicyclic amines) is 1. The summed E-state index contributed by atoms with van der Waals surface area (Å²) in [4.78, 5) is 2.49. The molecule has 0 bridgehead atoms. The summed E-state index contributed by atoms with van der Waals surface area (Å²) < 4.78 is 19.8. The number of benzene rings is 1. The third-order valence-corrected chi connectivity index (χ3v) is 7.26. The summed E-state index contributed by atoms with van der Waals surface area (Å²) in [5.74, 6) is 0.468. The second kappa shape index (κ2) is 9.78. The van der Waals surface area contributed by atoms with Gasteiger partial charge in [-0.1, -0.05) is 24.2 Å². The van der Waals surface area contributed by atoms with Crippen LogP contribution >= 0.6 is 0 Å². The van der Waals surface area contributed by atoms with Crippen LogP contribution in [0.2, 0.25) is 0 Å². The Labute approximate surface area is 164 Å². The fourth-order valence-corrected chi connectivity index (χ4v) is 4.99. The lowest BCUT2D eigenvalue weighted by molar-refractivity contribution is 0.203. The maximum absolute atomic E-state index is 12.3. The van der Waals surface area contributed by atoms with E-state index in [0.29, 0.717) is 5.92 Å². The van der Waals surface area contributed by atoms with E-state index in [0.717, 1.165) is 68.6 Å². The lowest BCUT2D eigenvalue weighted by atomic mass is 9.91. The Hall–Kier alpha value is -1.28. The van der Waals surface area contributed by atoms with Crippen LogP contribution in [0.1, 0.15) is 44.7 Å². The highest BCUT2D eigenvalue weighted by molar-refractivity contribution is 7.83. The van der Waals surface area contributed by atoms with Gasteiger partial charge in [-0.05, 0) is 58.0 Å². The monoisotopic (exact) mass is 393 g/mol. The van der Waals surface area contributed by atoms with E-state index in [2.05, 4.69) is 16.1 Å². The predicted octanol–water partition coefficient (Wildman–Crippen LogP) is 2.76. The molecule has 0 spiro atoms. The fraction of sp³-hybridized carbons (Fsp3) is 0.650. The molecule has 3 rings (SSSR count). The molecular formula is C20H31N3O3S. The Balaban J connectivity index is 1.45. The van der Waals surface area contributed by atoms with E-state index in [9.17, 15) is 9.32 Å². The molecule has 150 valence electrons. The Morgan fingerprint density at radius 2 is 2.11 bits per heavy atom. The third-order valence-electron chi connectivity index (χ3n) is 5.47. The van der Waals surface area contributed by atoms with Crippen molar-refractivity contribution >= 4 is 22.0 Å². The van der Waals surface area contributed by atoms with Gasteiger partial charge in [-0.25, -0.2) is 8.51 Å². The number of aliphatic hydroxyl groups excluding tert-OH is 1. The van der Waals surface area contributed by atoms with Crippen LogP contribution in [0.4, 0.5) is 0 Å². The standard InChI is InChI=1S/C20H31N3O3S/c1-3-23(27(25)16(2)15-24)12-6-11-22-13-9-17(10-14-22)20-18-7-4-5-8-19(18)26-21-20/h4-5,7-8,16-17,24H,3,6,9-15H2,1-2H3. The molecule has 2 unspecified atom stereocenters. The van der Waals surface area contributed by atoms with Crippen molar-refractivity contribution in [3.8, 4) is 0 Å². The predicted molar refractivity (Wildman–Crippen MR) is 109 cm³/mol. The van der Waals surface area contributed by atoms with E-state index in [-0.39, 0.29) is 11.9 Å². The minimum Gasteiger partial charge on any atom is -0.395 e. The number of aliphatic hydroxyl groups is 1. The van der Waals surface area contributed by atoms with Crippen molar-refractivity contribution in [1.82, 2.24) is 14.4 Å². The van der Waals surface area contributed by atoms with Crippen molar-refractivity contribution in [3.05, 3.63) is 30.0 Å². The van der Waals surface area contributed by atoms with Gasteiger partial charge in [0.2, 0.25) is 0 Å². The van der Waals surface area contributed by atoms with E-state index in [4.69, 9.17) is 4.52 Å². The summed E-state index contributed by atoms with van der Waals surface area (Å²) in [5.41, 5.74) is 1.98. The molecule has 2 atom stereocenters. The third kappa shape index (κ3) is 4.96. The number of piperidine rings is 1. The topological polar surface area (TPSA) is 69.8 Å². The molecule has 6 nitrogen and oxygen atoms in total. The minimum absolute atomic E-state index is 0.0344. The van der Waals surface area contributed by atoms with Crippen LogP contribution in [0, 0.1) is 0 Å². The molecular weight excluding hydrogens is 362 g/mol. The second-order valence-corrected chi connectivity index (χ2v) is 9.20. The molecule has 1 N–H and O–H groups in total. The van der Waals surface area contributed by atoms with Gasteiger partial charge in [-0.15, -0.1) is 0 Å². The molecule has 0 radical (unpaired) electrons. The van der Waals surface area contributed by atoms with Crippen LogP contribution in [0.15, 0.2) is 28.8 Å². The summed E-state index contributed by atoms with van der Waals surface area (Å²) in [6, 6.07) is 8.09. The van der Waals surface area contributed by atoms with Gasteiger partial charge in [0.25, 0.3) is 0 Å². The Morgan fingerprint density at radius 3 is 2.81 bits per heavy atom. The van der Waals surface area contributed by atoms with Crippen molar-refractivity contribution in [3.63, 3.8) is 0 Å². The molecule has 2 heterocycles. The van der Waals surface area contributed by atoms with Gasteiger partial charge >= 0.3 is 0 Å². The van der Waals surface area contributed by atoms with Gasteiger partial charge in [-0.3, -0.25) is 0 Å². The lowest BCUT2D eigenvalue weighted by Gasteiger charge is -2.31. The molecule has 0 aliphatic carbocycles. The average Bonchev–Trinajstić information content (AvgIpc) is 3.15. The number of rotatable bonds is 9. The molecule has 2 aromatic rings. The van der Waals surface area contributed by atoms with Gasteiger partial charge in [0.15, 0.2) is 5.58 Å². The van der Waals surface area contributed by atoms with Gasteiger partial charge < -0.3 is 14.5 Å². The van der Waals surface area contributed by atoms with Crippen molar-refractivity contribution in [2.75, 3.05) is 39.3 Å². The zero-order chi connectivity index (χ0) is 19.2. The zero-order valence-electron chi connectivity index (χ0n) is 16.3. The Morgan fingerprint density at radius 1 is 1.37 bits per heavy atom. The summed E-state index contributed by atoms with van der Waals surface area (Å²) in [5, 5.41) is 14.5. The smallest absolute Gasteiger partial charge is 0.167 e. The molecule has 0 amide bonds. The highest BCUT2D eigenvalue weighted by Gasteiger charge is 2.25. The van der Waals surface area contributed by atoms with E-state index < -0.39 is 11.0 Å². The molecule has 27 heavy (non-hydrogen) atoms. The van der Waals surface area contributed by atoms with Crippen LogP contribution in [-0.4, -0.2) is 68.3 Å². The fourth-order valence-electron chi connectivity index (χ4n) is 3.79. The SMILES string of the molecule is CCN(CCCN1CCC(c2noc3ccccc23)CC1)S(=O)C(C)CO. The van der Waals surface area contributed by atoms with Crippen LogP contribution in [-0.2, 0) is 11.0 Å². The minimum atomic E-state index is -1.10. The zero-order valence-corrected chi connectivity index (χ0v) is 17.2. The molecule has 1 aliphatic rings. The van der Waals surface area contributed by atoms with E-state index in [1.165, 1.54) is 0 Å². The maximum atomic E-state index is 12.3. The average molecular weight is 394 g/mol. The molecule has 0 saturated carbocycles. The first kappa shape index (κ1) is 20.5. The van der Waals surface area contributed by atoms with E-state index in [1.54, 1.807) is 0 Å². The first-order valence-electron chi connectivity index (χ1n) is 9.97. The van der Waals surface area contributed by atoms with Gasteiger partial charge in [0.1, 0.15) is 0 Å². The van der Waals surface area contributed by atoms with Gasteiger partial charge in [-0.2, -0.15) is 0 Å². The molecule has 1 aromatic carbocycles. The van der Waals surface area contributed by atoms with Gasteiger partial charge in [0.05, 0.1) is 28.5 Å². The normalized spacial score (nSPS) is 19.0. The first-order chi connectivity index (χ1) is 13.1. The number of aromatic nitrogens is 1. The van der Waals surface area contributed by atoms with Crippen LogP contribution in [0.5, 0.6) is 0 Å². The highest BCUT2D eigenvalue weighted by Crippen LogP contribution is 2.32. The van der Waals surface area contributed by atoms with Crippen LogP contribution in [0.25, 0.3) is 11.0 Å². The molecule has 1 fully saturated rings. The molecule has 1 aliphatic heterocycles. The molecule has 7 heteroatoms. The second-order valence-electron chi connectivity index (χ2n) is 7.32. The van der Waals surface area contributed by atoms with Gasteiger partial charge in [0, 0.05) is 24.4 Å². The number of hydrogen-bond acceptors (Lipinski definition) is 5. The largest absolute Gasteiger partial charge is 0.395 e.